The molecular weight excluding hydrogens is 306 g/mol. The van der Waals surface area contributed by atoms with E-state index in [2.05, 4.69) is 0 Å². The number of aliphatic hydroxyl groups is 1. The standard InChI is InChI=1S/C6H8O7.Ag.H3N/c7-3(8)1-6(13,5(11)12)2-4(9)10;;/h13H,1-2H2,(H,7,8)(H,9,10)(H,11,12);;1H3/p-2. The smallest absolute Gasteiger partial charge is 0.114 e. The first kappa shape index (κ1) is 19.6. The topological polar surface area (TPSA) is 177 Å². The van der Waals surface area contributed by atoms with Crippen molar-refractivity contribution < 1.29 is 57.2 Å². The molecule has 0 saturated carbocycles. The summed E-state index contributed by atoms with van der Waals surface area (Å²) in [5.41, 5.74) is -2.97. The Morgan fingerprint density at radius 3 is 1.40 bits per heavy atom. The quantitative estimate of drug-likeness (QED) is 0.477. The van der Waals surface area contributed by atoms with Crippen LogP contribution in [0.1, 0.15) is 12.8 Å². The third kappa shape index (κ3) is 7.05. The van der Waals surface area contributed by atoms with Crippen LogP contribution in [0, 0.1) is 0 Å². The van der Waals surface area contributed by atoms with Gasteiger partial charge >= 0.3 is 0 Å². The second-order valence-corrected chi connectivity index (χ2v) is 2.42. The number of rotatable bonds is 5. The van der Waals surface area contributed by atoms with Gasteiger partial charge in [-0.25, -0.2) is 0 Å². The van der Waals surface area contributed by atoms with Crippen molar-refractivity contribution >= 4 is 17.9 Å². The van der Waals surface area contributed by atoms with Crippen molar-refractivity contribution in [1.82, 2.24) is 6.15 Å². The number of carbonyl (C=O) groups is 3. The number of quaternary nitrogens is 1. The van der Waals surface area contributed by atoms with Crippen molar-refractivity contribution in [1.29, 1.82) is 0 Å². The summed E-state index contributed by atoms with van der Waals surface area (Å²) in [5, 5.41) is 38.9. The van der Waals surface area contributed by atoms with Crippen LogP contribution in [0.25, 0.3) is 0 Å². The molecule has 1 radical (unpaired) electrons. The van der Waals surface area contributed by atoms with E-state index in [-0.39, 0.29) is 28.5 Å². The maximum atomic E-state index is 10.1. The number of hydrogen-bond donors (Lipinski definition) is 2. The van der Waals surface area contributed by atoms with Gasteiger partial charge in [0.15, 0.2) is 0 Å². The SMILES string of the molecule is O=C([O-])CC(O)(CC(=O)[O-])C(=O)[O-].[Ag].[NH4+]. The van der Waals surface area contributed by atoms with Gasteiger partial charge in [-0.3, -0.25) is 0 Å². The zero-order chi connectivity index (χ0) is 10.6. The number of hydrogen-bond acceptors (Lipinski definition) is 7. The van der Waals surface area contributed by atoms with E-state index in [0.29, 0.717) is 0 Å². The fourth-order valence-corrected chi connectivity index (χ4v) is 0.684. The molecular formula is C6H9AgNO7-2. The fourth-order valence-electron chi connectivity index (χ4n) is 0.684. The number of carboxylic acids is 3. The van der Waals surface area contributed by atoms with E-state index in [9.17, 15) is 29.7 Å². The van der Waals surface area contributed by atoms with Crippen LogP contribution >= 0.6 is 0 Å². The largest absolute Gasteiger partial charge is 0.550 e. The number of carboxylic acid groups (broad SMARTS) is 3. The molecule has 0 atom stereocenters. The van der Waals surface area contributed by atoms with E-state index in [1.54, 1.807) is 0 Å². The number of carbonyl (C=O) groups excluding carboxylic acids is 3. The molecule has 0 aromatic rings. The average molecular weight is 315 g/mol. The van der Waals surface area contributed by atoms with E-state index in [1.165, 1.54) is 0 Å². The molecule has 0 spiro atoms. The molecule has 0 unspecified atom stereocenters. The Morgan fingerprint density at radius 1 is 1.00 bits per heavy atom. The maximum absolute atomic E-state index is 10.1. The summed E-state index contributed by atoms with van der Waals surface area (Å²) in [5.74, 6) is -5.98. The normalized spacial score (nSPS) is 9.40. The predicted octanol–water partition coefficient (Wildman–Crippen LogP) is -4.88. The zero-order valence-electron chi connectivity index (χ0n) is 7.61. The van der Waals surface area contributed by atoms with Crippen LogP contribution < -0.4 is 21.5 Å². The van der Waals surface area contributed by atoms with E-state index in [0.717, 1.165) is 0 Å². The summed E-state index contributed by atoms with van der Waals surface area (Å²) in [4.78, 5) is 30.0. The van der Waals surface area contributed by atoms with Gasteiger partial charge in [0, 0.05) is 47.2 Å². The van der Waals surface area contributed by atoms with Crippen LogP contribution in [-0.2, 0) is 36.8 Å². The zero-order valence-corrected chi connectivity index (χ0v) is 9.09. The second kappa shape index (κ2) is 7.37. The molecule has 0 rings (SSSR count). The molecule has 93 valence electrons. The van der Waals surface area contributed by atoms with Crippen molar-refractivity contribution in [3.8, 4) is 0 Å². The molecule has 0 aromatic carbocycles. The molecule has 0 saturated heterocycles. The Hall–Kier alpha value is -0.930. The first-order valence-corrected chi connectivity index (χ1v) is 3.11. The second-order valence-electron chi connectivity index (χ2n) is 2.42. The van der Waals surface area contributed by atoms with Gasteiger partial charge in [0.05, 0.1) is 5.97 Å². The Balaban J connectivity index is -0.000000720. The molecule has 9 heteroatoms. The molecule has 0 fully saturated rings. The minimum atomic E-state index is -2.97. The van der Waals surface area contributed by atoms with Gasteiger partial charge in [0.25, 0.3) is 0 Å². The molecule has 0 aliphatic heterocycles. The van der Waals surface area contributed by atoms with Crippen molar-refractivity contribution in [2.75, 3.05) is 0 Å². The van der Waals surface area contributed by atoms with Crippen molar-refractivity contribution in [3.05, 3.63) is 0 Å². The minimum Gasteiger partial charge on any atom is -0.550 e. The third-order valence-corrected chi connectivity index (χ3v) is 1.25. The van der Waals surface area contributed by atoms with Crippen molar-refractivity contribution in [2.45, 2.75) is 18.4 Å². The fraction of sp³-hybridized carbons (Fsp3) is 0.500. The molecule has 0 amide bonds. The van der Waals surface area contributed by atoms with Gasteiger partial charge in [0.1, 0.15) is 5.60 Å². The molecule has 0 heterocycles. The number of aliphatic carboxylic acids is 3. The molecule has 8 nitrogen and oxygen atoms in total. The molecule has 0 aliphatic rings. The van der Waals surface area contributed by atoms with E-state index < -0.39 is 36.4 Å². The minimum absolute atomic E-state index is 0. The van der Waals surface area contributed by atoms with Crippen LogP contribution in [-0.4, -0.2) is 28.6 Å². The molecule has 5 N–H and O–H groups in total. The monoisotopic (exact) mass is 314 g/mol. The summed E-state index contributed by atoms with van der Waals surface area (Å²) >= 11 is 0. The van der Waals surface area contributed by atoms with E-state index in [1.807, 2.05) is 0 Å². The van der Waals surface area contributed by atoms with Gasteiger partial charge in [-0.1, -0.05) is 0 Å². The van der Waals surface area contributed by atoms with Crippen molar-refractivity contribution in [3.63, 3.8) is 0 Å². The van der Waals surface area contributed by atoms with Crippen LogP contribution in [0.3, 0.4) is 0 Å². The van der Waals surface area contributed by atoms with Crippen LogP contribution in [0.4, 0.5) is 0 Å². The van der Waals surface area contributed by atoms with E-state index >= 15 is 0 Å². The van der Waals surface area contributed by atoms with Gasteiger partial charge in [0.2, 0.25) is 0 Å². The van der Waals surface area contributed by atoms with E-state index in [4.69, 9.17) is 5.11 Å². The Morgan fingerprint density at radius 2 is 1.27 bits per heavy atom. The van der Waals surface area contributed by atoms with Crippen LogP contribution in [0.5, 0.6) is 0 Å². The third-order valence-electron chi connectivity index (χ3n) is 1.25. The summed E-state index contributed by atoms with van der Waals surface area (Å²) in [7, 11) is 0. The van der Waals surface area contributed by atoms with Crippen LogP contribution in [0.15, 0.2) is 0 Å². The first-order chi connectivity index (χ1) is 5.78. The Labute approximate surface area is 100.0 Å². The molecule has 0 aliphatic carbocycles. The predicted molar refractivity (Wildman–Crippen MR) is 35.2 cm³/mol. The Bertz CT molecular complexity index is 238. The first-order valence-electron chi connectivity index (χ1n) is 3.11. The molecule has 0 aromatic heterocycles. The van der Waals surface area contributed by atoms with Gasteiger partial charge < -0.3 is 41.0 Å². The Kier molecular flexibility index (Phi) is 9.64. The maximum Gasteiger partial charge on any atom is 0.114 e. The molecule has 0 bridgehead atoms. The van der Waals surface area contributed by atoms with Crippen LogP contribution in [0.2, 0.25) is 0 Å². The summed E-state index contributed by atoms with van der Waals surface area (Å²) in [6, 6.07) is 0. The van der Waals surface area contributed by atoms with Gasteiger partial charge in [-0.05, 0) is 0 Å². The summed E-state index contributed by atoms with van der Waals surface area (Å²) in [6.07, 6.45) is -2.72. The van der Waals surface area contributed by atoms with Crippen molar-refractivity contribution in [2.24, 2.45) is 0 Å². The average Bonchev–Trinajstić information content (AvgIpc) is 1.82. The summed E-state index contributed by atoms with van der Waals surface area (Å²) < 4.78 is 0. The van der Waals surface area contributed by atoms with Gasteiger partial charge in [-0.15, -0.1) is 0 Å². The molecule has 15 heavy (non-hydrogen) atoms. The summed E-state index contributed by atoms with van der Waals surface area (Å²) in [6.45, 7) is 0. The van der Waals surface area contributed by atoms with Gasteiger partial charge in [-0.2, -0.15) is 0 Å².